The Labute approximate surface area is 136 Å². The lowest BCUT2D eigenvalue weighted by Gasteiger charge is -2.33. The molecular formula is C17H24N4O2. The molecule has 0 aliphatic carbocycles. The van der Waals surface area contributed by atoms with Crippen LogP contribution in [0.15, 0.2) is 18.5 Å². The third-order valence-electron chi connectivity index (χ3n) is 4.26. The number of rotatable bonds is 1. The summed E-state index contributed by atoms with van der Waals surface area (Å²) in [4.78, 5) is 22.7. The number of hydrogen-bond donors (Lipinski definition) is 0. The van der Waals surface area contributed by atoms with Gasteiger partial charge in [0.1, 0.15) is 11.1 Å². The van der Waals surface area contributed by atoms with E-state index in [0.717, 1.165) is 37.1 Å². The lowest BCUT2D eigenvalue weighted by Crippen LogP contribution is -2.41. The number of nitrogens with zero attached hydrogens (tertiary/aromatic N) is 4. The first-order valence-electron chi connectivity index (χ1n) is 8.09. The fourth-order valence-electron chi connectivity index (χ4n) is 3.14. The van der Waals surface area contributed by atoms with E-state index in [1.807, 2.05) is 27.8 Å². The Balaban J connectivity index is 1.69. The van der Waals surface area contributed by atoms with Crippen LogP contribution in [-0.2, 0) is 11.8 Å². The van der Waals surface area contributed by atoms with Crippen molar-refractivity contribution in [2.75, 3.05) is 13.1 Å². The van der Waals surface area contributed by atoms with Gasteiger partial charge in [-0.15, -0.1) is 0 Å². The third kappa shape index (κ3) is 3.30. The monoisotopic (exact) mass is 316 g/mol. The van der Waals surface area contributed by atoms with E-state index in [-0.39, 0.29) is 6.09 Å². The van der Waals surface area contributed by atoms with Gasteiger partial charge in [-0.1, -0.05) is 0 Å². The molecule has 23 heavy (non-hydrogen) atoms. The smallest absolute Gasteiger partial charge is 0.410 e. The zero-order valence-electron chi connectivity index (χ0n) is 14.2. The Bertz CT molecular complexity index is 709. The van der Waals surface area contributed by atoms with Gasteiger partial charge in [0.25, 0.3) is 0 Å². The van der Waals surface area contributed by atoms with Gasteiger partial charge in [0.05, 0.1) is 0 Å². The topological polar surface area (TPSA) is 60.2 Å². The number of fused-ring (bicyclic) bond motifs is 1. The first kappa shape index (κ1) is 15.8. The van der Waals surface area contributed by atoms with E-state index >= 15 is 0 Å². The molecule has 0 N–H and O–H groups in total. The van der Waals surface area contributed by atoms with Gasteiger partial charge in [-0.25, -0.2) is 9.78 Å². The molecule has 2 aromatic rings. The second kappa shape index (κ2) is 5.83. The summed E-state index contributed by atoms with van der Waals surface area (Å²) < 4.78 is 7.57. The normalized spacial score (nSPS) is 16.8. The maximum absolute atomic E-state index is 12.1. The highest BCUT2D eigenvalue weighted by Gasteiger charge is 2.28. The molecule has 0 bridgehead atoms. The molecule has 0 spiro atoms. The van der Waals surface area contributed by atoms with Gasteiger partial charge in [-0.2, -0.15) is 0 Å². The summed E-state index contributed by atoms with van der Waals surface area (Å²) >= 11 is 0. The Morgan fingerprint density at radius 3 is 2.48 bits per heavy atom. The summed E-state index contributed by atoms with van der Waals surface area (Å²) in [5.74, 6) is 0.426. The minimum atomic E-state index is -0.443. The summed E-state index contributed by atoms with van der Waals surface area (Å²) in [5.41, 5.74) is 2.65. The minimum absolute atomic E-state index is 0.212. The van der Waals surface area contributed by atoms with E-state index in [1.54, 1.807) is 17.3 Å². The Morgan fingerprint density at radius 2 is 1.87 bits per heavy atom. The molecule has 0 aromatic carbocycles. The van der Waals surface area contributed by atoms with Gasteiger partial charge in [0.2, 0.25) is 0 Å². The lowest BCUT2D eigenvalue weighted by atomic mass is 9.93. The quantitative estimate of drug-likeness (QED) is 0.811. The number of piperidine rings is 1. The predicted molar refractivity (Wildman–Crippen MR) is 88.3 cm³/mol. The molecule has 0 saturated carbocycles. The van der Waals surface area contributed by atoms with Crippen molar-refractivity contribution in [2.24, 2.45) is 7.05 Å². The van der Waals surface area contributed by atoms with Crippen molar-refractivity contribution in [1.82, 2.24) is 19.4 Å². The van der Waals surface area contributed by atoms with E-state index < -0.39 is 5.60 Å². The van der Waals surface area contributed by atoms with Crippen LogP contribution in [-0.4, -0.2) is 44.2 Å². The van der Waals surface area contributed by atoms with Gasteiger partial charge >= 0.3 is 6.09 Å². The standard InChI is InChI=1S/C17H24N4O2/c1-17(2,3)23-16(22)21-9-5-12(6-10-21)14-11-13-15(20(14)4)19-8-7-18-13/h7-8,11-12H,5-6,9-10H2,1-4H3. The first-order chi connectivity index (χ1) is 10.8. The Morgan fingerprint density at radius 1 is 1.22 bits per heavy atom. The van der Waals surface area contributed by atoms with Crippen LogP contribution in [0.4, 0.5) is 4.79 Å². The van der Waals surface area contributed by atoms with Crippen molar-refractivity contribution in [3.63, 3.8) is 0 Å². The lowest BCUT2D eigenvalue weighted by molar-refractivity contribution is 0.0203. The fraction of sp³-hybridized carbons (Fsp3) is 0.588. The maximum Gasteiger partial charge on any atom is 0.410 e. The third-order valence-corrected chi connectivity index (χ3v) is 4.26. The number of likely N-dealkylation sites (tertiary alicyclic amines) is 1. The number of aromatic nitrogens is 3. The van der Waals surface area contributed by atoms with Crippen LogP contribution in [0, 0.1) is 0 Å². The average Bonchev–Trinajstić information content (AvgIpc) is 2.83. The van der Waals surface area contributed by atoms with Gasteiger partial charge in [0.15, 0.2) is 5.65 Å². The summed E-state index contributed by atoms with van der Waals surface area (Å²) in [6.45, 7) is 7.14. The number of carbonyl (C=O) groups excluding carboxylic acids is 1. The van der Waals surface area contributed by atoms with Crippen molar-refractivity contribution in [2.45, 2.75) is 45.1 Å². The highest BCUT2D eigenvalue weighted by molar-refractivity contribution is 5.72. The molecule has 3 heterocycles. The molecule has 6 heteroatoms. The molecule has 2 aromatic heterocycles. The van der Waals surface area contributed by atoms with E-state index in [0.29, 0.717) is 5.92 Å². The number of aryl methyl sites for hydroxylation is 1. The van der Waals surface area contributed by atoms with Gasteiger partial charge in [0, 0.05) is 44.1 Å². The summed E-state index contributed by atoms with van der Waals surface area (Å²) in [6, 6.07) is 2.12. The second-order valence-corrected chi connectivity index (χ2v) is 7.14. The maximum atomic E-state index is 12.1. The molecule has 1 fully saturated rings. The number of amides is 1. The molecule has 124 valence electrons. The molecule has 6 nitrogen and oxygen atoms in total. The molecule has 1 aliphatic rings. The molecule has 0 atom stereocenters. The molecule has 0 radical (unpaired) electrons. The Kier molecular flexibility index (Phi) is 4.00. The highest BCUT2D eigenvalue weighted by atomic mass is 16.6. The number of hydrogen-bond acceptors (Lipinski definition) is 4. The highest BCUT2D eigenvalue weighted by Crippen LogP contribution is 2.31. The first-order valence-corrected chi connectivity index (χ1v) is 8.09. The van der Waals surface area contributed by atoms with Crippen molar-refractivity contribution < 1.29 is 9.53 Å². The van der Waals surface area contributed by atoms with Crippen LogP contribution >= 0.6 is 0 Å². The fourth-order valence-corrected chi connectivity index (χ4v) is 3.14. The van der Waals surface area contributed by atoms with Crippen LogP contribution in [0.25, 0.3) is 11.2 Å². The molecule has 0 unspecified atom stereocenters. The molecule has 3 rings (SSSR count). The van der Waals surface area contributed by atoms with Crippen molar-refractivity contribution in [1.29, 1.82) is 0 Å². The van der Waals surface area contributed by atoms with Crippen molar-refractivity contribution >= 4 is 17.3 Å². The van der Waals surface area contributed by atoms with E-state index in [2.05, 4.69) is 20.6 Å². The Hall–Kier alpha value is -2.11. The van der Waals surface area contributed by atoms with Gasteiger partial charge in [-0.3, -0.25) is 4.98 Å². The zero-order chi connectivity index (χ0) is 16.6. The molecule has 1 saturated heterocycles. The van der Waals surface area contributed by atoms with E-state index in [4.69, 9.17) is 4.74 Å². The van der Waals surface area contributed by atoms with Gasteiger partial charge < -0.3 is 14.2 Å². The van der Waals surface area contributed by atoms with Crippen LogP contribution in [0.2, 0.25) is 0 Å². The summed E-state index contributed by atoms with van der Waals surface area (Å²) in [7, 11) is 2.03. The van der Waals surface area contributed by atoms with Crippen molar-refractivity contribution in [3.8, 4) is 0 Å². The van der Waals surface area contributed by atoms with Crippen LogP contribution in [0.5, 0.6) is 0 Å². The van der Waals surface area contributed by atoms with Crippen LogP contribution in [0.3, 0.4) is 0 Å². The largest absolute Gasteiger partial charge is 0.444 e. The van der Waals surface area contributed by atoms with Gasteiger partial charge in [-0.05, 0) is 39.7 Å². The minimum Gasteiger partial charge on any atom is -0.444 e. The molecule has 1 amide bonds. The van der Waals surface area contributed by atoms with E-state index in [1.165, 1.54) is 5.69 Å². The summed E-state index contributed by atoms with van der Waals surface area (Å²) in [5, 5.41) is 0. The second-order valence-electron chi connectivity index (χ2n) is 7.14. The van der Waals surface area contributed by atoms with Crippen LogP contribution < -0.4 is 0 Å². The predicted octanol–water partition coefficient (Wildman–Crippen LogP) is 3.08. The average molecular weight is 316 g/mol. The molecular weight excluding hydrogens is 292 g/mol. The zero-order valence-corrected chi connectivity index (χ0v) is 14.2. The van der Waals surface area contributed by atoms with Crippen molar-refractivity contribution in [3.05, 3.63) is 24.2 Å². The summed E-state index contributed by atoms with van der Waals surface area (Å²) in [6.07, 6.45) is 5.10. The number of carbonyl (C=O) groups is 1. The van der Waals surface area contributed by atoms with E-state index in [9.17, 15) is 4.79 Å². The molecule has 1 aliphatic heterocycles. The number of ether oxygens (including phenoxy) is 1. The SMILES string of the molecule is Cn1c(C2CCN(C(=O)OC(C)(C)C)CC2)cc2nccnc21. The van der Waals surface area contributed by atoms with Crippen LogP contribution in [0.1, 0.15) is 45.2 Å².